The van der Waals surface area contributed by atoms with Gasteiger partial charge < -0.3 is 4.74 Å². The number of carbonyl (C=O) groups is 2. The fourth-order valence-electron chi connectivity index (χ4n) is 2.74. The fourth-order valence-corrected chi connectivity index (χ4v) is 3.87. The Morgan fingerprint density at radius 1 is 1.11 bits per heavy atom. The molecule has 0 unspecified atom stereocenters. The smallest absolute Gasteiger partial charge is 0.269 e. The van der Waals surface area contributed by atoms with Gasteiger partial charge in [0.15, 0.2) is 0 Å². The van der Waals surface area contributed by atoms with Crippen molar-refractivity contribution in [2.75, 3.05) is 20.2 Å². The van der Waals surface area contributed by atoms with Gasteiger partial charge in [0, 0.05) is 19.0 Å². The molecular formula is C19H21N3O5S. The van der Waals surface area contributed by atoms with Crippen LogP contribution in [0.1, 0.15) is 21.5 Å². The lowest BCUT2D eigenvalue weighted by molar-refractivity contribution is -0.121. The van der Waals surface area contributed by atoms with Crippen molar-refractivity contribution in [3.63, 3.8) is 0 Å². The summed E-state index contributed by atoms with van der Waals surface area (Å²) in [5.41, 5.74) is 6.77. The first-order chi connectivity index (χ1) is 13.3. The fraction of sp³-hybridized carbons (Fsp3) is 0.263. The lowest BCUT2D eigenvalue weighted by Crippen LogP contribution is -2.46. The Morgan fingerprint density at radius 2 is 1.82 bits per heavy atom. The van der Waals surface area contributed by atoms with E-state index in [1.807, 2.05) is 6.92 Å². The zero-order valence-corrected chi connectivity index (χ0v) is 16.4. The van der Waals surface area contributed by atoms with Crippen molar-refractivity contribution in [2.24, 2.45) is 0 Å². The maximum Gasteiger partial charge on any atom is 0.269 e. The predicted octanol–water partition coefficient (Wildman–Crippen LogP) is 1.01. The molecule has 0 radical (unpaired) electrons. The molecule has 0 saturated carbocycles. The molecule has 2 aromatic carbocycles. The molecule has 0 atom stereocenters. The maximum absolute atomic E-state index is 12.5. The van der Waals surface area contributed by atoms with Crippen LogP contribution in [0.15, 0.2) is 47.4 Å². The number of likely N-dealkylation sites (N-methyl/N-ethyl adjacent to an activating group) is 1. The average molecular weight is 403 g/mol. The van der Waals surface area contributed by atoms with Crippen molar-refractivity contribution in [3.05, 3.63) is 59.2 Å². The molecule has 0 saturated heterocycles. The molecule has 1 heterocycles. The van der Waals surface area contributed by atoms with E-state index in [1.54, 1.807) is 30.3 Å². The van der Waals surface area contributed by atoms with E-state index in [2.05, 4.69) is 10.9 Å². The molecule has 3 rings (SSSR count). The number of fused-ring (bicyclic) bond motifs is 1. The molecule has 0 aliphatic carbocycles. The van der Waals surface area contributed by atoms with Crippen LogP contribution in [0.25, 0.3) is 0 Å². The van der Waals surface area contributed by atoms with Crippen molar-refractivity contribution >= 4 is 21.8 Å². The zero-order valence-electron chi connectivity index (χ0n) is 15.6. The monoisotopic (exact) mass is 403 g/mol. The lowest BCUT2D eigenvalue weighted by Gasteiger charge is -2.17. The van der Waals surface area contributed by atoms with E-state index in [0.29, 0.717) is 12.2 Å². The molecule has 0 spiro atoms. The second-order valence-corrected chi connectivity index (χ2v) is 8.54. The SMILES string of the molecule is Cc1ccc(S(=O)(=O)N(C)CC(=O)NNC(=O)c2ccc3c(c2)CCO3)cc1. The van der Waals surface area contributed by atoms with Crippen molar-refractivity contribution in [1.82, 2.24) is 15.2 Å². The Morgan fingerprint density at radius 3 is 2.54 bits per heavy atom. The van der Waals surface area contributed by atoms with Gasteiger partial charge in [0.2, 0.25) is 10.0 Å². The van der Waals surface area contributed by atoms with Gasteiger partial charge >= 0.3 is 0 Å². The Balaban J connectivity index is 1.56. The first-order valence-electron chi connectivity index (χ1n) is 8.65. The molecule has 1 aliphatic heterocycles. The third kappa shape index (κ3) is 4.32. The number of sulfonamides is 1. The Bertz CT molecular complexity index is 1000. The highest BCUT2D eigenvalue weighted by molar-refractivity contribution is 7.89. The van der Waals surface area contributed by atoms with E-state index in [-0.39, 0.29) is 4.90 Å². The molecular weight excluding hydrogens is 382 g/mol. The standard InChI is InChI=1S/C19H21N3O5S/c1-13-3-6-16(7-4-13)28(25,26)22(2)12-18(23)20-21-19(24)15-5-8-17-14(11-15)9-10-27-17/h3-8,11H,9-10,12H2,1-2H3,(H,20,23)(H,21,24). The molecule has 1 aliphatic rings. The highest BCUT2D eigenvalue weighted by Crippen LogP contribution is 2.25. The number of nitrogens with zero attached hydrogens (tertiary/aromatic N) is 1. The summed E-state index contributed by atoms with van der Waals surface area (Å²) in [5.74, 6) is -0.397. The predicted molar refractivity (Wildman–Crippen MR) is 102 cm³/mol. The van der Waals surface area contributed by atoms with Crippen LogP contribution in [0.2, 0.25) is 0 Å². The second kappa shape index (κ2) is 7.99. The normalized spacial score (nSPS) is 13.0. The molecule has 0 fully saturated rings. The van der Waals surface area contributed by atoms with Gasteiger partial charge in [0.05, 0.1) is 18.0 Å². The van der Waals surface area contributed by atoms with Gasteiger partial charge in [-0.3, -0.25) is 20.4 Å². The summed E-state index contributed by atoms with van der Waals surface area (Å²) in [7, 11) is -2.50. The van der Waals surface area contributed by atoms with Crippen molar-refractivity contribution in [1.29, 1.82) is 0 Å². The van der Waals surface area contributed by atoms with Crippen LogP contribution < -0.4 is 15.6 Å². The van der Waals surface area contributed by atoms with Gasteiger partial charge in [-0.15, -0.1) is 0 Å². The molecule has 148 valence electrons. The second-order valence-electron chi connectivity index (χ2n) is 6.50. The van der Waals surface area contributed by atoms with E-state index in [0.717, 1.165) is 27.6 Å². The number of amides is 2. The number of hydrogen-bond acceptors (Lipinski definition) is 5. The van der Waals surface area contributed by atoms with Gasteiger partial charge in [-0.1, -0.05) is 17.7 Å². The highest BCUT2D eigenvalue weighted by atomic mass is 32.2. The molecule has 2 amide bonds. The number of carbonyl (C=O) groups excluding carboxylic acids is 2. The van der Waals surface area contributed by atoms with Crippen LogP contribution in [0.4, 0.5) is 0 Å². The third-order valence-corrected chi connectivity index (χ3v) is 6.18. The first-order valence-corrected chi connectivity index (χ1v) is 10.1. The van der Waals surface area contributed by atoms with Crippen molar-refractivity contribution in [2.45, 2.75) is 18.2 Å². The molecule has 9 heteroatoms. The quantitative estimate of drug-likeness (QED) is 0.725. The number of benzene rings is 2. The average Bonchev–Trinajstić information content (AvgIpc) is 3.14. The Hall–Kier alpha value is -2.91. The summed E-state index contributed by atoms with van der Waals surface area (Å²) in [5, 5.41) is 0. The summed E-state index contributed by atoms with van der Waals surface area (Å²) in [6, 6.07) is 11.3. The Kier molecular flexibility index (Phi) is 5.66. The van der Waals surface area contributed by atoms with Gasteiger partial charge in [-0.05, 0) is 42.8 Å². The van der Waals surface area contributed by atoms with Gasteiger partial charge in [0.1, 0.15) is 5.75 Å². The highest BCUT2D eigenvalue weighted by Gasteiger charge is 2.23. The summed E-state index contributed by atoms with van der Waals surface area (Å²) in [4.78, 5) is 24.3. The van der Waals surface area contributed by atoms with E-state index in [4.69, 9.17) is 4.74 Å². The largest absolute Gasteiger partial charge is 0.493 e. The van der Waals surface area contributed by atoms with Gasteiger partial charge in [-0.2, -0.15) is 4.31 Å². The third-order valence-electron chi connectivity index (χ3n) is 4.36. The molecule has 2 N–H and O–H groups in total. The van der Waals surface area contributed by atoms with E-state index in [9.17, 15) is 18.0 Å². The Labute approximate surface area is 163 Å². The zero-order chi connectivity index (χ0) is 20.3. The molecule has 0 aromatic heterocycles. The molecule has 2 aromatic rings. The summed E-state index contributed by atoms with van der Waals surface area (Å²) in [6.45, 7) is 2.00. The van der Waals surface area contributed by atoms with E-state index < -0.39 is 28.4 Å². The van der Waals surface area contributed by atoms with Crippen molar-refractivity contribution < 1.29 is 22.7 Å². The van der Waals surface area contributed by atoms with Gasteiger partial charge in [-0.25, -0.2) is 8.42 Å². The number of hydrogen-bond donors (Lipinski definition) is 2. The summed E-state index contributed by atoms with van der Waals surface area (Å²) < 4.78 is 31.3. The van der Waals surface area contributed by atoms with Gasteiger partial charge in [0.25, 0.3) is 11.8 Å². The molecule has 0 bridgehead atoms. The van der Waals surface area contributed by atoms with Crippen LogP contribution in [0.5, 0.6) is 5.75 Å². The number of rotatable bonds is 5. The van der Waals surface area contributed by atoms with E-state index in [1.165, 1.54) is 19.2 Å². The van der Waals surface area contributed by atoms with Crippen LogP contribution in [-0.2, 0) is 21.2 Å². The summed E-state index contributed by atoms with van der Waals surface area (Å²) >= 11 is 0. The first kappa shape index (κ1) is 19.8. The number of nitrogens with one attached hydrogen (secondary N) is 2. The van der Waals surface area contributed by atoms with Crippen LogP contribution in [-0.4, -0.2) is 44.7 Å². The van der Waals surface area contributed by atoms with Crippen molar-refractivity contribution in [3.8, 4) is 5.75 Å². The summed E-state index contributed by atoms with van der Waals surface area (Å²) in [6.07, 6.45) is 0.727. The maximum atomic E-state index is 12.5. The molecule has 28 heavy (non-hydrogen) atoms. The molecule has 8 nitrogen and oxygen atoms in total. The number of aryl methyl sites for hydroxylation is 1. The minimum absolute atomic E-state index is 0.0952. The van der Waals surface area contributed by atoms with Crippen LogP contribution in [0, 0.1) is 6.92 Å². The van der Waals surface area contributed by atoms with Crippen LogP contribution in [0.3, 0.4) is 0 Å². The number of hydrazine groups is 1. The van der Waals surface area contributed by atoms with Crippen LogP contribution >= 0.6 is 0 Å². The minimum atomic E-state index is -3.80. The topological polar surface area (TPSA) is 105 Å². The van der Waals surface area contributed by atoms with E-state index >= 15 is 0 Å². The minimum Gasteiger partial charge on any atom is -0.493 e. The lowest BCUT2D eigenvalue weighted by atomic mass is 10.1. The number of ether oxygens (including phenoxy) is 1.